The maximum absolute atomic E-state index is 12.7. The molecule has 31 heavy (non-hydrogen) atoms. The lowest BCUT2D eigenvalue weighted by Crippen LogP contribution is -2.21. The number of ether oxygens (including phenoxy) is 1. The lowest BCUT2D eigenvalue weighted by molar-refractivity contribution is 0.0242. The molecule has 0 radical (unpaired) electrons. The van der Waals surface area contributed by atoms with E-state index in [-0.39, 0.29) is 17.5 Å². The zero-order valence-corrected chi connectivity index (χ0v) is 19.5. The molecule has 1 saturated carbocycles. The van der Waals surface area contributed by atoms with Crippen LogP contribution in [0.1, 0.15) is 93.6 Å². The van der Waals surface area contributed by atoms with Gasteiger partial charge in [0.1, 0.15) is 6.10 Å². The Hall–Kier alpha value is -2.29. The minimum absolute atomic E-state index is 0.0381. The highest BCUT2D eigenvalue weighted by Crippen LogP contribution is 2.30. The Kier molecular flexibility index (Phi) is 8.17. The maximum Gasteiger partial charge on any atom is 0.338 e. The molecule has 0 unspecified atom stereocenters. The van der Waals surface area contributed by atoms with E-state index in [4.69, 9.17) is 10.5 Å². The van der Waals surface area contributed by atoms with Crippen molar-refractivity contribution in [3.05, 3.63) is 65.2 Å². The van der Waals surface area contributed by atoms with Crippen LogP contribution in [-0.4, -0.2) is 12.1 Å². The molecule has 1 aliphatic carbocycles. The second-order valence-corrected chi connectivity index (χ2v) is 10.2. The van der Waals surface area contributed by atoms with Crippen molar-refractivity contribution in [2.75, 3.05) is 5.73 Å². The molecule has 168 valence electrons. The van der Waals surface area contributed by atoms with Crippen molar-refractivity contribution < 1.29 is 9.53 Å². The summed E-state index contributed by atoms with van der Waals surface area (Å²) in [5, 5.41) is 0. The van der Waals surface area contributed by atoms with E-state index in [1.165, 1.54) is 43.2 Å². The summed E-state index contributed by atoms with van der Waals surface area (Å²) in [6.45, 7) is 6.55. The van der Waals surface area contributed by atoms with Crippen molar-refractivity contribution in [3.63, 3.8) is 0 Å². The van der Waals surface area contributed by atoms with Gasteiger partial charge in [0.25, 0.3) is 0 Å². The number of esters is 1. The average molecular weight is 422 g/mol. The highest BCUT2D eigenvalue weighted by molar-refractivity contribution is 5.89. The molecule has 0 bridgehead atoms. The van der Waals surface area contributed by atoms with E-state index in [0.717, 1.165) is 37.3 Å². The highest BCUT2D eigenvalue weighted by Gasteiger charge is 2.21. The molecule has 0 spiro atoms. The van der Waals surface area contributed by atoms with Crippen LogP contribution >= 0.6 is 0 Å². The van der Waals surface area contributed by atoms with Crippen LogP contribution in [0.4, 0.5) is 5.69 Å². The SMILES string of the molecule is CC(C)(C)c1ccc(CC[C@H](CCC2CCCCC2)OC(=O)c2ccccc2)cc1N. The number of hydrogen-bond donors (Lipinski definition) is 1. The summed E-state index contributed by atoms with van der Waals surface area (Å²) in [6, 6.07) is 15.8. The molecule has 1 atom stereocenters. The van der Waals surface area contributed by atoms with Gasteiger partial charge < -0.3 is 10.5 Å². The van der Waals surface area contributed by atoms with Crippen molar-refractivity contribution in [1.29, 1.82) is 0 Å². The molecule has 0 heterocycles. The number of benzene rings is 2. The number of aryl methyl sites for hydroxylation is 1. The van der Waals surface area contributed by atoms with Crippen LogP contribution < -0.4 is 5.73 Å². The third kappa shape index (κ3) is 7.12. The van der Waals surface area contributed by atoms with E-state index in [1.807, 2.05) is 30.3 Å². The molecule has 3 nitrogen and oxygen atoms in total. The van der Waals surface area contributed by atoms with Crippen LogP contribution in [0.15, 0.2) is 48.5 Å². The predicted molar refractivity (Wildman–Crippen MR) is 129 cm³/mol. The van der Waals surface area contributed by atoms with Crippen molar-refractivity contribution in [2.45, 2.75) is 90.1 Å². The van der Waals surface area contributed by atoms with Gasteiger partial charge in [0, 0.05) is 5.69 Å². The number of nitrogen functional groups attached to an aromatic ring is 1. The minimum atomic E-state index is -0.211. The summed E-state index contributed by atoms with van der Waals surface area (Å²) in [5.41, 5.74) is 10.3. The van der Waals surface area contributed by atoms with E-state index in [2.05, 4.69) is 39.0 Å². The standard InChI is InChI=1S/C28H39NO2/c1-28(2,3)25-19-16-22(20-26(25)29)15-18-24(17-14-21-10-6-4-7-11-21)31-27(30)23-12-8-5-9-13-23/h5,8-9,12-13,16,19-21,24H,4,6-7,10-11,14-15,17-18,29H2,1-3H3/t24-/m0/s1. The Bertz CT molecular complexity index is 832. The van der Waals surface area contributed by atoms with E-state index >= 15 is 0 Å². The fourth-order valence-corrected chi connectivity index (χ4v) is 4.73. The average Bonchev–Trinajstić information content (AvgIpc) is 2.76. The van der Waals surface area contributed by atoms with Gasteiger partial charge in [-0.25, -0.2) is 4.79 Å². The first-order chi connectivity index (χ1) is 14.8. The predicted octanol–water partition coefficient (Wildman–Crippen LogP) is 7.09. The summed E-state index contributed by atoms with van der Waals surface area (Å²) in [7, 11) is 0. The number of nitrogens with two attached hydrogens (primary N) is 1. The molecule has 1 aliphatic rings. The number of anilines is 1. The third-order valence-electron chi connectivity index (χ3n) is 6.58. The van der Waals surface area contributed by atoms with Crippen molar-refractivity contribution in [2.24, 2.45) is 5.92 Å². The Morgan fingerprint density at radius 1 is 1.03 bits per heavy atom. The fraction of sp³-hybridized carbons (Fsp3) is 0.536. The van der Waals surface area contributed by atoms with Gasteiger partial charge in [-0.05, 0) is 66.3 Å². The molecule has 0 aromatic heterocycles. The molecule has 2 N–H and O–H groups in total. The van der Waals surface area contributed by atoms with Gasteiger partial charge in [0.05, 0.1) is 5.56 Å². The number of rotatable bonds is 8. The highest BCUT2D eigenvalue weighted by atomic mass is 16.5. The lowest BCUT2D eigenvalue weighted by atomic mass is 9.84. The first kappa shape index (κ1) is 23.4. The smallest absolute Gasteiger partial charge is 0.338 e. The molecule has 3 heteroatoms. The first-order valence-corrected chi connectivity index (χ1v) is 12.0. The molecule has 3 rings (SSSR count). The van der Waals surface area contributed by atoms with Gasteiger partial charge in [-0.2, -0.15) is 0 Å². The monoisotopic (exact) mass is 421 g/mol. The zero-order chi connectivity index (χ0) is 22.3. The Morgan fingerprint density at radius 2 is 1.74 bits per heavy atom. The quantitative estimate of drug-likeness (QED) is 0.366. The second-order valence-electron chi connectivity index (χ2n) is 10.2. The van der Waals surface area contributed by atoms with Gasteiger partial charge in [0.2, 0.25) is 0 Å². The van der Waals surface area contributed by atoms with E-state index in [0.29, 0.717) is 5.56 Å². The van der Waals surface area contributed by atoms with Gasteiger partial charge in [-0.3, -0.25) is 0 Å². The first-order valence-electron chi connectivity index (χ1n) is 12.0. The van der Waals surface area contributed by atoms with E-state index in [1.54, 1.807) is 0 Å². The maximum atomic E-state index is 12.7. The Labute approximate surface area is 188 Å². The molecule has 1 fully saturated rings. The van der Waals surface area contributed by atoms with Gasteiger partial charge in [-0.1, -0.05) is 83.2 Å². The molecule has 0 saturated heterocycles. The molecule has 0 aliphatic heterocycles. The number of hydrogen-bond acceptors (Lipinski definition) is 3. The summed E-state index contributed by atoms with van der Waals surface area (Å²) in [5.74, 6) is 0.574. The summed E-state index contributed by atoms with van der Waals surface area (Å²) < 4.78 is 5.99. The molecular weight excluding hydrogens is 382 g/mol. The van der Waals surface area contributed by atoms with Crippen LogP contribution in [0.2, 0.25) is 0 Å². The number of carbonyl (C=O) groups is 1. The summed E-state index contributed by atoms with van der Waals surface area (Å²) in [4.78, 5) is 12.7. The largest absolute Gasteiger partial charge is 0.459 e. The Balaban J connectivity index is 1.63. The van der Waals surface area contributed by atoms with E-state index in [9.17, 15) is 4.79 Å². The lowest BCUT2D eigenvalue weighted by Gasteiger charge is -2.25. The molecule has 0 amide bonds. The number of carbonyl (C=O) groups excluding carboxylic acids is 1. The summed E-state index contributed by atoms with van der Waals surface area (Å²) in [6.07, 6.45) is 10.4. The third-order valence-corrected chi connectivity index (χ3v) is 6.58. The van der Waals surface area contributed by atoms with Gasteiger partial charge in [-0.15, -0.1) is 0 Å². The van der Waals surface area contributed by atoms with E-state index < -0.39 is 0 Å². The molecule has 2 aromatic rings. The van der Waals surface area contributed by atoms with Gasteiger partial charge in [0.15, 0.2) is 0 Å². The van der Waals surface area contributed by atoms with Crippen molar-refractivity contribution in [3.8, 4) is 0 Å². The van der Waals surface area contributed by atoms with Crippen LogP contribution in [0.3, 0.4) is 0 Å². The summed E-state index contributed by atoms with van der Waals surface area (Å²) >= 11 is 0. The normalized spacial score (nSPS) is 16.1. The Morgan fingerprint density at radius 3 is 2.39 bits per heavy atom. The van der Waals surface area contributed by atoms with Gasteiger partial charge >= 0.3 is 5.97 Å². The van der Waals surface area contributed by atoms with Crippen molar-refractivity contribution >= 4 is 11.7 Å². The van der Waals surface area contributed by atoms with Crippen LogP contribution in [0.5, 0.6) is 0 Å². The molecule has 2 aromatic carbocycles. The van der Waals surface area contributed by atoms with Crippen molar-refractivity contribution in [1.82, 2.24) is 0 Å². The molecular formula is C28H39NO2. The second kappa shape index (κ2) is 10.8. The minimum Gasteiger partial charge on any atom is -0.459 e. The zero-order valence-electron chi connectivity index (χ0n) is 19.5. The van der Waals surface area contributed by atoms with Crippen LogP contribution in [0.25, 0.3) is 0 Å². The van der Waals surface area contributed by atoms with Crippen LogP contribution in [0, 0.1) is 5.92 Å². The fourth-order valence-electron chi connectivity index (χ4n) is 4.73. The van der Waals surface area contributed by atoms with Crippen LogP contribution in [-0.2, 0) is 16.6 Å². The topological polar surface area (TPSA) is 52.3 Å².